The van der Waals surface area contributed by atoms with Crippen LogP contribution in [0.2, 0.25) is 0 Å². The highest BCUT2D eigenvalue weighted by Crippen LogP contribution is 2.18. The molecule has 1 heterocycles. The molecule has 1 aromatic heterocycles. The van der Waals surface area contributed by atoms with Crippen molar-refractivity contribution in [2.45, 2.75) is 12.8 Å². The normalized spacial score (nSPS) is 11.3. The highest BCUT2D eigenvalue weighted by Gasteiger charge is 2.12. The SMILES string of the molecule is COc1ccc(CCc2ccccc2C(=NO)c2cccnc2)cc1. The number of ether oxygens (including phenoxy) is 1. The van der Waals surface area contributed by atoms with Crippen LogP contribution in [-0.4, -0.2) is 23.0 Å². The number of aromatic nitrogens is 1. The predicted molar refractivity (Wildman–Crippen MR) is 98.5 cm³/mol. The lowest BCUT2D eigenvalue weighted by molar-refractivity contribution is 0.319. The van der Waals surface area contributed by atoms with Crippen LogP contribution >= 0.6 is 0 Å². The zero-order valence-electron chi connectivity index (χ0n) is 14.1. The van der Waals surface area contributed by atoms with Gasteiger partial charge in [-0.3, -0.25) is 4.98 Å². The zero-order chi connectivity index (χ0) is 17.5. The van der Waals surface area contributed by atoms with Gasteiger partial charge in [0.05, 0.1) is 7.11 Å². The van der Waals surface area contributed by atoms with Gasteiger partial charge in [-0.05, 0) is 48.2 Å². The number of pyridine rings is 1. The van der Waals surface area contributed by atoms with Crippen LogP contribution in [-0.2, 0) is 12.8 Å². The van der Waals surface area contributed by atoms with Crippen molar-refractivity contribution in [2.75, 3.05) is 7.11 Å². The van der Waals surface area contributed by atoms with E-state index < -0.39 is 0 Å². The van der Waals surface area contributed by atoms with Crippen LogP contribution in [0.3, 0.4) is 0 Å². The third-order valence-corrected chi connectivity index (χ3v) is 4.15. The Morgan fingerprint density at radius 2 is 1.80 bits per heavy atom. The minimum absolute atomic E-state index is 0.540. The maximum atomic E-state index is 9.55. The van der Waals surface area contributed by atoms with Crippen molar-refractivity contribution in [3.05, 3.63) is 95.3 Å². The largest absolute Gasteiger partial charge is 0.497 e. The van der Waals surface area contributed by atoms with E-state index in [1.165, 1.54) is 5.56 Å². The minimum Gasteiger partial charge on any atom is -0.497 e. The molecule has 0 radical (unpaired) electrons. The second-order valence-corrected chi connectivity index (χ2v) is 5.70. The quantitative estimate of drug-likeness (QED) is 0.420. The fourth-order valence-electron chi connectivity index (χ4n) is 2.81. The van der Waals surface area contributed by atoms with Gasteiger partial charge < -0.3 is 9.94 Å². The smallest absolute Gasteiger partial charge is 0.118 e. The van der Waals surface area contributed by atoms with Gasteiger partial charge in [0, 0.05) is 23.5 Å². The Morgan fingerprint density at radius 3 is 2.48 bits per heavy atom. The minimum atomic E-state index is 0.540. The second kappa shape index (κ2) is 8.11. The van der Waals surface area contributed by atoms with Crippen LogP contribution < -0.4 is 4.74 Å². The van der Waals surface area contributed by atoms with Crippen molar-refractivity contribution in [2.24, 2.45) is 5.16 Å². The first-order valence-corrected chi connectivity index (χ1v) is 8.15. The third kappa shape index (κ3) is 4.04. The number of hydrogen-bond acceptors (Lipinski definition) is 4. The summed E-state index contributed by atoms with van der Waals surface area (Å²) in [5.74, 6) is 0.857. The molecule has 0 aliphatic rings. The summed E-state index contributed by atoms with van der Waals surface area (Å²) in [6, 6.07) is 19.8. The molecule has 0 aliphatic heterocycles. The van der Waals surface area contributed by atoms with Crippen molar-refractivity contribution in [3.63, 3.8) is 0 Å². The fourth-order valence-corrected chi connectivity index (χ4v) is 2.81. The molecule has 0 spiro atoms. The van der Waals surface area contributed by atoms with Crippen LogP contribution in [0.5, 0.6) is 5.75 Å². The molecule has 3 rings (SSSR count). The van der Waals surface area contributed by atoms with Crippen LogP contribution in [0.1, 0.15) is 22.3 Å². The lowest BCUT2D eigenvalue weighted by atomic mass is 9.94. The number of hydrogen-bond donors (Lipinski definition) is 1. The molecule has 0 atom stereocenters. The molecular formula is C21H20N2O2. The molecular weight excluding hydrogens is 312 g/mol. The topological polar surface area (TPSA) is 54.7 Å². The summed E-state index contributed by atoms with van der Waals surface area (Å²) in [5.41, 5.74) is 4.63. The van der Waals surface area contributed by atoms with E-state index in [-0.39, 0.29) is 0 Å². The summed E-state index contributed by atoms with van der Waals surface area (Å²) in [4.78, 5) is 4.11. The fraction of sp³-hybridized carbons (Fsp3) is 0.143. The number of methoxy groups -OCH3 is 1. The Kier molecular flexibility index (Phi) is 5.42. The number of aryl methyl sites for hydroxylation is 2. The first-order valence-electron chi connectivity index (χ1n) is 8.15. The summed E-state index contributed by atoms with van der Waals surface area (Å²) in [5, 5.41) is 13.1. The first-order chi connectivity index (χ1) is 12.3. The Bertz CT molecular complexity index is 843. The molecule has 0 amide bonds. The van der Waals surface area contributed by atoms with Crippen molar-refractivity contribution < 1.29 is 9.94 Å². The summed E-state index contributed by atoms with van der Waals surface area (Å²) in [6.45, 7) is 0. The number of oxime groups is 1. The molecule has 0 bridgehead atoms. The molecule has 3 aromatic rings. The molecule has 4 heteroatoms. The van der Waals surface area contributed by atoms with E-state index in [0.717, 1.165) is 35.3 Å². The predicted octanol–water partition coefficient (Wildman–Crippen LogP) is 4.10. The summed E-state index contributed by atoms with van der Waals surface area (Å²) >= 11 is 0. The summed E-state index contributed by atoms with van der Waals surface area (Å²) in [7, 11) is 1.67. The standard InChI is InChI=1S/C21H20N2O2/c1-25-19-12-9-16(10-13-19)8-11-17-5-2-3-7-20(17)21(23-24)18-6-4-14-22-15-18/h2-7,9-10,12-15,24H,8,11H2,1H3. The number of rotatable bonds is 6. The Labute approximate surface area is 147 Å². The van der Waals surface area contributed by atoms with E-state index >= 15 is 0 Å². The monoisotopic (exact) mass is 332 g/mol. The lowest BCUT2D eigenvalue weighted by Gasteiger charge is -2.11. The molecule has 0 saturated heterocycles. The van der Waals surface area contributed by atoms with E-state index in [1.807, 2.05) is 42.5 Å². The Balaban J connectivity index is 1.83. The van der Waals surface area contributed by atoms with Gasteiger partial charge in [0.1, 0.15) is 11.5 Å². The van der Waals surface area contributed by atoms with E-state index in [4.69, 9.17) is 4.74 Å². The van der Waals surface area contributed by atoms with E-state index in [9.17, 15) is 5.21 Å². The summed E-state index contributed by atoms with van der Waals surface area (Å²) < 4.78 is 5.20. The van der Waals surface area contributed by atoms with Crippen LogP contribution in [0.4, 0.5) is 0 Å². The average molecular weight is 332 g/mol. The average Bonchev–Trinajstić information content (AvgIpc) is 2.69. The molecule has 4 nitrogen and oxygen atoms in total. The van der Waals surface area contributed by atoms with Crippen LogP contribution in [0.25, 0.3) is 0 Å². The second-order valence-electron chi connectivity index (χ2n) is 5.70. The van der Waals surface area contributed by atoms with E-state index in [1.54, 1.807) is 19.5 Å². The maximum Gasteiger partial charge on any atom is 0.118 e. The molecule has 0 aliphatic carbocycles. The number of nitrogens with zero attached hydrogens (tertiary/aromatic N) is 2. The van der Waals surface area contributed by atoms with Gasteiger partial charge in [0.25, 0.3) is 0 Å². The highest BCUT2D eigenvalue weighted by molar-refractivity contribution is 6.13. The first kappa shape index (κ1) is 16.7. The third-order valence-electron chi connectivity index (χ3n) is 4.15. The van der Waals surface area contributed by atoms with Gasteiger partial charge in [0.15, 0.2) is 0 Å². The molecule has 0 fully saturated rings. The van der Waals surface area contributed by atoms with Crippen molar-refractivity contribution in [1.82, 2.24) is 4.98 Å². The lowest BCUT2D eigenvalue weighted by Crippen LogP contribution is -2.08. The van der Waals surface area contributed by atoms with Gasteiger partial charge in [0.2, 0.25) is 0 Å². The van der Waals surface area contributed by atoms with Crippen molar-refractivity contribution in [1.29, 1.82) is 0 Å². The molecule has 0 saturated carbocycles. The summed E-state index contributed by atoms with van der Waals surface area (Å²) in [6.07, 6.45) is 5.15. The Morgan fingerprint density at radius 1 is 1.00 bits per heavy atom. The van der Waals surface area contributed by atoms with E-state index in [2.05, 4.69) is 28.3 Å². The van der Waals surface area contributed by atoms with Gasteiger partial charge in [-0.2, -0.15) is 0 Å². The molecule has 2 aromatic carbocycles. The van der Waals surface area contributed by atoms with Gasteiger partial charge in [-0.15, -0.1) is 0 Å². The molecule has 126 valence electrons. The molecule has 25 heavy (non-hydrogen) atoms. The van der Waals surface area contributed by atoms with Gasteiger partial charge in [-0.25, -0.2) is 0 Å². The maximum absolute atomic E-state index is 9.55. The molecule has 0 unspecified atom stereocenters. The zero-order valence-corrected chi connectivity index (χ0v) is 14.1. The van der Waals surface area contributed by atoms with Gasteiger partial charge >= 0.3 is 0 Å². The Hall–Kier alpha value is -3.14. The van der Waals surface area contributed by atoms with Crippen LogP contribution in [0.15, 0.2) is 78.2 Å². The van der Waals surface area contributed by atoms with E-state index in [0.29, 0.717) is 5.71 Å². The number of benzene rings is 2. The molecule has 1 N–H and O–H groups in total. The highest BCUT2D eigenvalue weighted by atomic mass is 16.5. The van der Waals surface area contributed by atoms with Crippen molar-refractivity contribution in [3.8, 4) is 5.75 Å². The van der Waals surface area contributed by atoms with Crippen molar-refractivity contribution >= 4 is 5.71 Å². The van der Waals surface area contributed by atoms with Crippen LogP contribution in [0, 0.1) is 0 Å². The van der Waals surface area contributed by atoms with Gasteiger partial charge in [-0.1, -0.05) is 41.6 Å².